The zero-order valence-corrected chi connectivity index (χ0v) is 9.61. The summed E-state index contributed by atoms with van der Waals surface area (Å²) in [6, 6.07) is -0.145. The van der Waals surface area contributed by atoms with E-state index in [1.54, 1.807) is 4.57 Å². The number of carbonyl (C=O) groups excluding carboxylic acids is 1. The highest BCUT2D eigenvalue weighted by Gasteiger charge is 2.27. The zero-order valence-electron chi connectivity index (χ0n) is 8.79. The van der Waals surface area contributed by atoms with E-state index >= 15 is 0 Å². The van der Waals surface area contributed by atoms with Gasteiger partial charge in [-0.1, -0.05) is 11.8 Å². The van der Waals surface area contributed by atoms with Crippen molar-refractivity contribution in [3.63, 3.8) is 0 Å². The molecule has 8 nitrogen and oxygen atoms in total. The van der Waals surface area contributed by atoms with Crippen molar-refractivity contribution in [3.05, 3.63) is 0 Å². The molecule has 17 heavy (non-hydrogen) atoms. The van der Waals surface area contributed by atoms with Crippen LogP contribution in [0.4, 0.5) is 5.95 Å². The second-order valence-electron chi connectivity index (χ2n) is 3.56. The van der Waals surface area contributed by atoms with Gasteiger partial charge in [0.1, 0.15) is 0 Å². The number of carboxylic acids is 1. The minimum Gasteiger partial charge on any atom is -0.481 e. The molecular formula is C8H11N5O3S. The number of carboxylic acid groups (broad SMARTS) is 1. The Hall–Kier alpha value is -1.77. The number of rotatable bonds is 4. The Morgan fingerprint density at radius 3 is 3.00 bits per heavy atom. The summed E-state index contributed by atoms with van der Waals surface area (Å²) in [5.74, 6) is -0.924. The van der Waals surface area contributed by atoms with E-state index in [2.05, 4.69) is 15.5 Å². The van der Waals surface area contributed by atoms with Crippen molar-refractivity contribution in [2.24, 2.45) is 0 Å². The van der Waals surface area contributed by atoms with Crippen LogP contribution in [0.25, 0.3) is 0 Å². The highest BCUT2D eigenvalue weighted by Crippen LogP contribution is 2.26. The van der Waals surface area contributed by atoms with Crippen LogP contribution >= 0.6 is 11.8 Å². The molecule has 4 N–H and O–H groups in total. The van der Waals surface area contributed by atoms with E-state index in [4.69, 9.17) is 10.8 Å². The third-order valence-electron chi connectivity index (χ3n) is 2.34. The normalized spacial score (nSPS) is 19.3. The standard InChI is InChI=1S/C8H11N5O3S/c9-7-11-12-8(17-3-6(15)16)13(7)4-1-5(14)10-2-4/h4H,1-3H2,(H2,9,11)(H,10,14)(H,15,16). The molecule has 1 aromatic heterocycles. The Morgan fingerprint density at radius 1 is 1.65 bits per heavy atom. The number of aliphatic carboxylic acids is 1. The van der Waals surface area contributed by atoms with E-state index < -0.39 is 5.97 Å². The summed E-state index contributed by atoms with van der Waals surface area (Å²) < 4.78 is 1.60. The molecule has 1 aromatic rings. The van der Waals surface area contributed by atoms with E-state index in [0.717, 1.165) is 11.8 Å². The van der Waals surface area contributed by atoms with Crippen molar-refractivity contribution in [2.45, 2.75) is 17.6 Å². The number of nitrogen functional groups attached to an aromatic ring is 1. The average molecular weight is 257 g/mol. The van der Waals surface area contributed by atoms with Crippen molar-refractivity contribution in [2.75, 3.05) is 18.0 Å². The fourth-order valence-corrected chi connectivity index (χ4v) is 2.36. The predicted molar refractivity (Wildman–Crippen MR) is 59.5 cm³/mol. The smallest absolute Gasteiger partial charge is 0.313 e. The Bertz CT molecular complexity index is 460. The van der Waals surface area contributed by atoms with Gasteiger partial charge in [-0.05, 0) is 0 Å². The topological polar surface area (TPSA) is 123 Å². The molecule has 1 unspecified atom stereocenters. The number of anilines is 1. The third-order valence-corrected chi connectivity index (χ3v) is 3.26. The minimum atomic E-state index is -0.941. The fourth-order valence-electron chi connectivity index (χ4n) is 1.63. The first-order valence-corrected chi connectivity index (χ1v) is 5.88. The number of amides is 1. The second kappa shape index (κ2) is 4.62. The van der Waals surface area contributed by atoms with Crippen LogP contribution in [0.2, 0.25) is 0 Å². The van der Waals surface area contributed by atoms with Crippen molar-refractivity contribution in [1.82, 2.24) is 20.1 Å². The van der Waals surface area contributed by atoms with Gasteiger partial charge < -0.3 is 16.2 Å². The Morgan fingerprint density at radius 2 is 2.41 bits per heavy atom. The molecule has 1 fully saturated rings. The summed E-state index contributed by atoms with van der Waals surface area (Å²) in [6.07, 6.45) is 0.308. The van der Waals surface area contributed by atoms with Crippen molar-refractivity contribution in [3.8, 4) is 0 Å². The van der Waals surface area contributed by atoms with Crippen LogP contribution in [-0.2, 0) is 9.59 Å². The van der Waals surface area contributed by atoms with Gasteiger partial charge >= 0.3 is 5.97 Å². The Kier molecular flexibility index (Phi) is 3.18. The van der Waals surface area contributed by atoms with Gasteiger partial charge in [0, 0.05) is 13.0 Å². The molecular weight excluding hydrogens is 246 g/mol. The molecule has 1 aliphatic heterocycles. The molecule has 1 atom stereocenters. The molecule has 92 valence electrons. The fraction of sp³-hybridized carbons (Fsp3) is 0.500. The van der Waals surface area contributed by atoms with Gasteiger partial charge in [0.25, 0.3) is 0 Å². The molecule has 2 heterocycles. The number of carbonyl (C=O) groups is 2. The van der Waals surface area contributed by atoms with E-state index in [-0.39, 0.29) is 23.7 Å². The summed E-state index contributed by atoms with van der Waals surface area (Å²) >= 11 is 1.03. The van der Waals surface area contributed by atoms with E-state index in [1.807, 2.05) is 0 Å². The molecule has 1 amide bonds. The van der Waals surface area contributed by atoms with Crippen LogP contribution in [0.1, 0.15) is 12.5 Å². The first-order valence-electron chi connectivity index (χ1n) is 4.89. The Balaban J connectivity index is 2.17. The number of hydrogen-bond donors (Lipinski definition) is 3. The number of thioether (sulfide) groups is 1. The van der Waals surface area contributed by atoms with E-state index in [0.29, 0.717) is 18.1 Å². The van der Waals surface area contributed by atoms with Gasteiger partial charge in [0.15, 0.2) is 5.16 Å². The van der Waals surface area contributed by atoms with Gasteiger partial charge in [-0.15, -0.1) is 10.2 Å². The van der Waals surface area contributed by atoms with Gasteiger partial charge in [0.2, 0.25) is 11.9 Å². The lowest BCUT2D eigenvalue weighted by Crippen LogP contribution is -2.17. The molecule has 0 radical (unpaired) electrons. The van der Waals surface area contributed by atoms with Gasteiger partial charge in [-0.3, -0.25) is 14.2 Å². The van der Waals surface area contributed by atoms with Crippen LogP contribution < -0.4 is 11.1 Å². The van der Waals surface area contributed by atoms with Crippen LogP contribution in [0.3, 0.4) is 0 Å². The highest BCUT2D eigenvalue weighted by molar-refractivity contribution is 7.99. The molecule has 0 spiro atoms. The molecule has 0 aliphatic carbocycles. The maximum atomic E-state index is 11.1. The summed E-state index contributed by atoms with van der Waals surface area (Å²) in [5, 5.41) is 19.2. The predicted octanol–water partition coefficient (Wildman–Crippen LogP) is -0.902. The van der Waals surface area contributed by atoms with Crippen LogP contribution in [-0.4, -0.2) is 44.0 Å². The van der Waals surface area contributed by atoms with Crippen molar-refractivity contribution in [1.29, 1.82) is 0 Å². The molecule has 2 rings (SSSR count). The van der Waals surface area contributed by atoms with Gasteiger partial charge in [0.05, 0.1) is 11.8 Å². The van der Waals surface area contributed by atoms with Crippen LogP contribution in [0, 0.1) is 0 Å². The summed E-state index contributed by atoms with van der Waals surface area (Å²) in [5.41, 5.74) is 5.66. The number of nitrogens with one attached hydrogen (secondary N) is 1. The lowest BCUT2D eigenvalue weighted by atomic mass is 10.2. The number of hydrogen-bond acceptors (Lipinski definition) is 6. The molecule has 0 aromatic carbocycles. The summed E-state index contributed by atoms with van der Waals surface area (Å²) in [4.78, 5) is 21.6. The maximum absolute atomic E-state index is 11.1. The summed E-state index contributed by atoms with van der Waals surface area (Å²) in [7, 11) is 0. The molecule has 1 saturated heterocycles. The SMILES string of the molecule is Nc1nnc(SCC(=O)O)n1C1CNC(=O)C1. The molecule has 9 heteroatoms. The second-order valence-corrected chi connectivity index (χ2v) is 4.50. The molecule has 1 aliphatic rings. The number of nitrogens with zero attached hydrogens (tertiary/aromatic N) is 3. The minimum absolute atomic E-state index is 0.0581. The van der Waals surface area contributed by atoms with Gasteiger partial charge in [-0.2, -0.15) is 0 Å². The first kappa shape index (κ1) is 11.7. The monoisotopic (exact) mass is 257 g/mol. The lowest BCUT2D eigenvalue weighted by molar-refractivity contribution is -0.134. The van der Waals surface area contributed by atoms with Crippen LogP contribution in [0.5, 0.6) is 0 Å². The maximum Gasteiger partial charge on any atom is 0.313 e. The lowest BCUT2D eigenvalue weighted by Gasteiger charge is -2.12. The van der Waals surface area contributed by atoms with E-state index in [1.165, 1.54) is 0 Å². The quantitative estimate of drug-likeness (QED) is 0.597. The molecule has 0 bridgehead atoms. The summed E-state index contributed by atoms with van der Waals surface area (Å²) in [6.45, 7) is 0.460. The number of nitrogens with two attached hydrogens (primary N) is 1. The van der Waals surface area contributed by atoms with Gasteiger partial charge in [-0.25, -0.2) is 0 Å². The first-order chi connectivity index (χ1) is 8.08. The van der Waals surface area contributed by atoms with Crippen molar-refractivity contribution < 1.29 is 14.7 Å². The largest absolute Gasteiger partial charge is 0.481 e. The highest BCUT2D eigenvalue weighted by atomic mass is 32.2. The van der Waals surface area contributed by atoms with E-state index in [9.17, 15) is 9.59 Å². The average Bonchev–Trinajstić information content (AvgIpc) is 2.82. The zero-order chi connectivity index (χ0) is 12.4. The van der Waals surface area contributed by atoms with Crippen LogP contribution in [0.15, 0.2) is 5.16 Å². The molecule has 0 saturated carbocycles. The Labute approximate surface area is 101 Å². The third kappa shape index (κ3) is 2.49. The van der Waals surface area contributed by atoms with Crippen molar-refractivity contribution >= 4 is 29.6 Å². The number of aromatic nitrogens is 3.